The Bertz CT molecular complexity index is 778. The molecule has 4 nitrogen and oxygen atoms in total. The van der Waals surface area contributed by atoms with E-state index in [1.165, 1.54) is 11.8 Å². The molecule has 0 aliphatic rings. The van der Waals surface area contributed by atoms with Crippen molar-refractivity contribution in [2.75, 3.05) is 5.75 Å². The molecule has 114 valence electrons. The molecule has 23 heavy (non-hydrogen) atoms. The topological polar surface area (TPSA) is 76.7 Å². The van der Waals surface area contributed by atoms with Gasteiger partial charge < -0.3 is 5.32 Å². The zero-order chi connectivity index (χ0) is 16.7. The number of carbonyl (C=O) groups excluding carboxylic acids is 1. The molecule has 2 aromatic carbocycles. The highest BCUT2D eigenvalue weighted by Gasteiger charge is 2.15. The number of nitriles is 2. The Labute approximate surface area is 143 Å². The van der Waals surface area contributed by atoms with Crippen molar-refractivity contribution < 1.29 is 4.79 Å². The van der Waals surface area contributed by atoms with E-state index in [0.717, 1.165) is 4.90 Å². The third kappa shape index (κ3) is 4.75. The lowest BCUT2D eigenvalue weighted by molar-refractivity contribution is 0.0945. The van der Waals surface area contributed by atoms with Crippen LogP contribution in [0.5, 0.6) is 0 Å². The number of hydrogen-bond acceptors (Lipinski definition) is 4. The predicted octanol–water partition coefficient (Wildman–Crippen LogP) is 3.95. The van der Waals surface area contributed by atoms with Gasteiger partial charge in [0, 0.05) is 15.5 Å². The Kier molecular flexibility index (Phi) is 6.05. The summed E-state index contributed by atoms with van der Waals surface area (Å²) < 4.78 is 0. The fourth-order valence-corrected chi connectivity index (χ4v) is 2.64. The molecule has 0 saturated heterocycles. The molecule has 6 heteroatoms. The van der Waals surface area contributed by atoms with Crippen molar-refractivity contribution in [2.24, 2.45) is 0 Å². The van der Waals surface area contributed by atoms with Crippen molar-refractivity contribution in [3.8, 4) is 12.1 Å². The van der Waals surface area contributed by atoms with E-state index in [2.05, 4.69) is 11.4 Å². The van der Waals surface area contributed by atoms with Gasteiger partial charge in [-0.25, -0.2) is 0 Å². The Morgan fingerprint density at radius 3 is 2.61 bits per heavy atom. The first-order valence-electron chi connectivity index (χ1n) is 6.70. The van der Waals surface area contributed by atoms with Gasteiger partial charge in [-0.15, -0.1) is 11.8 Å². The largest absolute Gasteiger partial charge is 0.333 e. The van der Waals surface area contributed by atoms with E-state index in [9.17, 15) is 10.1 Å². The van der Waals surface area contributed by atoms with Crippen LogP contribution in [0.2, 0.25) is 5.02 Å². The van der Waals surface area contributed by atoms with Crippen LogP contribution in [0, 0.1) is 22.7 Å². The van der Waals surface area contributed by atoms with E-state index in [1.54, 1.807) is 42.5 Å². The van der Waals surface area contributed by atoms with Crippen LogP contribution in [0.3, 0.4) is 0 Å². The first-order chi connectivity index (χ1) is 11.1. The average molecular weight is 342 g/mol. The Balaban J connectivity index is 2.12. The van der Waals surface area contributed by atoms with Crippen LogP contribution < -0.4 is 5.32 Å². The minimum absolute atomic E-state index is 0.316. The van der Waals surface area contributed by atoms with Crippen molar-refractivity contribution in [1.29, 1.82) is 10.5 Å². The number of benzene rings is 2. The SMILES string of the molecule is N#CCSc1cccc(C(=O)N[C@H](C#N)c2ccc(Cl)cc2)c1. The van der Waals surface area contributed by atoms with Crippen LogP contribution in [0.15, 0.2) is 53.4 Å². The number of nitrogens with zero attached hydrogens (tertiary/aromatic N) is 2. The van der Waals surface area contributed by atoms with Crippen LogP contribution >= 0.6 is 23.4 Å². The predicted molar refractivity (Wildman–Crippen MR) is 90.1 cm³/mol. The maximum absolute atomic E-state index is 12.3. The molecule has 0 fully saturated rings. The molecule has 0 aromatic heterocycles. The maximum atomic E-state index is 12.3. The summed E-state index contributed by atoms with van der Waals surface area (Å²) >= 11 is 7.18. The minimum Gasteiger partial charge on any atom is -0.333 e. The molecule has 0 unspecified atom stereocenters. The first kappa shape index (κ1) is 16.9. The van der Waals surface area contributed by atoms with E-state index in [-0.39, 0.29) is 5.91 Å². The summed E-state index contributed by atoms with van der Waals surface area (Å²) in [5, 5.41) is 21.1. The summed E-state index contributed by atoms with van der Waals surface area (Å²) in [6.45, 7) is 0. The van der Waals surface area contributed by atoms with Crippen LogP contribution in [-0.2, 0) is 0 Å². The standard InChI is InChI=1S/C17H12ClN3OS/c18-14-6-4-12(5-7-14)16(11-20)21-17(22)13-2-1-3-15(10-13)23-9-8-19/h1-7,10,16H,9H2,(H,21,22)/t16-/m1/s1. The molecule has 2 aromatic rings. The fourth-order valence-electron chi connectivity index (χ4n) is 1.90. The van der Waals surface area contributed by atoms with Gasteiger partial charge in [-0.3, -0.25) is 4.79 Å². The van der Waals surface area contributed by atoms with Gasteiger partial charge in [0.25, 0.3) is 5.91 Å². The molecule has 0 radical (unpaired) electrons. The molecule has 0 aliphatic carbocycles. The third-order valence-corrected chi connectivity index (χ3v) is 4.12. The summed E-state index contributed by atoms with van der Waals surface area (Å²) in [5.41, 5.74) is 1.11. The number of carbonyl (C=O) groups is 1. The summed E-state index contributed by atoms with van der Waals surface area (Å²) in [6, 6.07) is 17.1. The molecule has 1 amide bonds. The van der Waals surface area contributed by atoms with E-state index in [4.69, 9.17) is 16.9 Å². The van der Waals surface area contributed by atoms with Gasteiger partial charge in [-0.1, -0.05) is 29.8 Å². The van der Waals surface area contributed by atoms with Crippen molar-refractivity contribution in [3.05, 3.63) is 64.7 Å². The molecule has 0 aliphatic heterocycles. The Hall–Kier alpha value is -2.47. The second kappa shape index (κ2) is 8.24. The fraction of sp³-hybridized carbons (Fsp3) is 0.118. The monoisotopic (exact) mass is 341 g/mol. The van der Waals surface area contributed by atoms with Crippen LogP contribution in [0.25, 0.3) is 0 Å². The van der Waals surface area contributed by atoms with Crippen molar-refractivity contribution in [3.63, 3.8) is 0 Å². The maximum Gasteiger partial charge on any atom is 0.252 e. The minimum atomic E-state index is -0.754. The summed E-state index contributed by atoms with van der Waals surface area (Å²) in [6.07, 6.45) is 0. The van der Waals surface area contributed by atoms with Gasteiger partial charge in [0.1, 0.15) is 6.04 Å². The first-order valence-corrected chi connectivity index (χ1v) is 8.06. The average Bonchev–Trinajstić information content (AvgIpc) is 2.58. The smallest absolute Gasteiger partial charge is 0.252 e. The van der Waals surface area contributed by atoms with Crippen LogP contribution in [0.1, 0.15) is 22.0 Å². The van der Waals surface area contributed by atoms with Crippen LogP contribution in [0.4, 0.5) is 0 Å². The molecule has 0 spiro atoms. The highest BCUT2D eigenvalue weighted by Crippen LogP contribution is 2.20. The van der Waals surface area contributed by atoms with Gasteiger partial charge in [0.05, 0.1) is 17.9 Å². The van der Waals surface area contributed by atoms with Gasteiger partial charge >= 0.3 is 0 Å². The Morgan fingerprint density at radius 2 is 1.96 bits per heavy atom. The zero-order valence-electron chi connectivity index (χ0n) is 12.0. The molecule has 0 heterocycles. The van der Waals surface area contributed by atoms with Crippen molar-refractivity contribution in [2.45, 2.75) is 10.9 Å². The number of amides is 1. The molecule has 2 rings (SSSR count). The van der Waals surface area contributed by atoms with Crippen molar-refractivity contribution >= 4 is 29.3 Å². The molecule has 1 atom stereocenters. The highest BCUT2D eigenvalue weighted by atomic mass is 35.5. The van der Waals surface area contributed by atoms with E-state index < -0.39 is 6.04 Å². The van der Waals surface area contributed by atoms with Gasteiger partial charge in [-0.2, -0.15) is 10.5 Å². The Morgan fingerprint density at radius 1 is 1.22 bits per heavy atom. The normalized spacial score (nSPS) is 11.1. The van der Waals surface area contributed by atoms with E-state index >= 15 is 0 Å². The molecular weight excluding hydrogens is 330 g/mol. The zero-order valence-corrected chi connectivity index (χ0v) is 13.6. The quantitative estimate of drug-likeness (QED) is 0.835. The number of thioether (sulfide) groups is 1. The van der Waals surface area contributed by atoms with E-state index in [0.29, 0.717) is 21.9 Å². The van der Waals surface area contributed by atoms with Gasteiger partial charge in [-0.05, 0) is 35.9 Å². The molecular formula is C17H12ClN3OS. The summed E-state index contributed by atoms with van der Waals surface area (Å²) in [7, 11) is 0. The van der Waals surface area contributed by atoms with Crippen molar-refractivity contribution in [1.82, 2.24) is 5.32 Å². The third-order valence-electron chi connectivity index (χ3n) is 3.01. The lowest BCUT2D eigenvalue weighted by Crippen LogP contribution is -2.27. The number of nitrogens with one attached hydrogen (secondary N) is 1. The molecule has 0 bridgehead atoms. The number of hydrogen-bond donors (Lipinski definition) is 1. The molecule has 0 saturated carbocycles. The molecule has 1 N–H and O–H groups in total. The lowest BCUT2D eigenvalue weighted by Gasteiger charge is -2.12. The van der Waals surface area contributed by atoms with E-state index in [1.807, 2.05) is 12.1 Å². The lowest BCUT2D eigenvalue weighted by atomic mass is 10.1. The summed E-state index contributed by atoms with van der Waals surface area (Å²) in [4.78, 5) is 13.2. The number of rotatable bonds is 5. The van der Waals surface area contributed by atoms with Crippen LogP contribution in [-0.4, -0.2) is 11.7 Å². The van der Waals surface area contributed by atoms with Gasteiger partial charge in [0.15, 0.2) is 0 Å². The number of halogens is 1. The summed E-state index contributed by atoms with van der Waals surface area (Å²) in [5.74, 6) is -0.0256. The van der Waals surface area contributed by atoms with Gasteiger partial charge in [0.2, 0.25) is 0 Å². The highest BCUT2D eigenvalue weighted by molar-refractivity contribution is 7.99. The second-order valence-corrected chi connectivity index (χ2v) is 6.05. The second-order valence-electron chi connectivity index (χ2n) is 4.56.